The molecule has 1 nitrogen and oxygen atoms in total. The lowest BCUT2D eigenvalue weighted by Gasteiger charge is -2.40. The van der Waals surface area contributed by atoms with Gasteiger partial charge < -0.3 is 0 Å². The third-order valence-electron chi connectivity index (χ3n) is 5.23. The maximum absolute atomic E-state index is 6.46. The number of aryl methyl sites for hydroxylation is 1. The first-order chi connectivity index (χ1) is 11.4. The van der Waals surface area contributed by atoms with Crippen molar-refractivity contribution in [2.45, 2.75) is 65.0 Å². The minimum absolute atomic E-state index is 0.561. The van der Waals surface area contributed by atoms with Crippen LogP contribution in [0, 0.1) is 0 Å². The topological polar surface area (TPSA) is 12.9 Å². The molecule has 0 saturated heterocycles. The molecule has 0 aliphatic carbocycles. The maximum Gasteiger partial charge on any atom is 0.146 e. The summed E-state index contributed by atoms with van der Waals surface area (Å²) in [5.74, 6) is 0. The summed E-state index contributed by atoms with van der Waals surface area (Å²) in [6.07, 6.45) is 5.50. The normalized spacial score (nSPS) is 12.2. The van der Waals surface area contributed by atoms with E-state index >= 15 is 0 Å². The van der Waals surface area contributed by atoms with Gasteiger partial charge in [0.1, 0.15) is 8.07 Å². The van der Waals surface area contributed by atoms with E-state index in [1.54, 1.807) is 0 Å². The Hall–Kier alpha value is -1.12. The van der Waals surface area contributed by atoms with Gasteiger partial charge in [0.05, 0.1) is 0 Å². The van der Waals surface area contributed by atoms with Gasteiger partial charge in [-0.1, -0.05) is 64.8 Å². The molecular weight excluding hydrogens is 330 g/mol. The minimum atomic E-state index is -2.02. The molecular formula is C21H30ClNSi. The quantitative estimate of drug-likeness (QED) is 0.598. The molecule has 1 heterocycles. The van der Waals surface area contributed by atoms with Crippen molar-refractivity contribution in [3.8, 4) is 0 Å². The van der Waals surface area contributed by atoms with E-state index in [1.165, 1.54) is 28.9 Å². The molecule has 0 amide bonds. The number of unbranched alkanes of at least 4 members (excludes halogenated alkanes) is 1. The second-order valence-electron chi connectivity index (χ2n) is 7.30. The van der Waals surface area contributed by atoms with Gasteiger partial charge in [-0.05, 0) is 58.9 Å². The highest BCUT2D eigenvalue weighted by Gasteiger charge is 2.45. The van der Waals surface area contributed by atoms with Crippen LogP contribution >= 0.6 is 11.6 Å². The monoisotopic (exact) mass is 359 g/mol. The van der Waals surface area contributed by atoms with Crippen LogP contribution in [0.3, 0.4) is 0 Å². The highest BCUT2D eigenvalue weighted by Crippen LogP contribution is 2.33. The Bertz CT molecular complexity index is 644. The Kier molecular flexibility index (Phi) is 6.65. The number of aromatic nitrogens is 1. The second-order valence-corrected chi connectivity index (χ2v) is 12.8. The number of pyridine rings is 1. The maximum atomic E-state index is 6.46. The molecule has 24 heavy (non-hydrogen) atoms. The Morgan fingerprint density at radius 2 is 1.75 bits per heavy atom. The summed E-state index contributed by atoms with van der Waals surface area (Å²) in [7, 11) is -2.02. The first-order valence-electron chi connectivity index (χ1n) is 9.14. The van der Waals surface area contributed by atoms with Crippen LogP contribution in [-0.4, -0.2) is 13.1 Å². The smallest absolute Gasteiger partial charge is 0.146 e. The number of hydrogen-bond donors (Lipinski definition) is 0. The molecule has 2 aromatic rings. The van der Waals surface area contributed by atoms with E-state index in [1.807, 2.05) is 18.3 Å². The van der Waals surface area contributed by atoms with E-state index in [4.69, 9.17) is 16.6 Å². The first kappa shape index (κ1) is 19.2. The van der Waals surface area contributed by atoms with Gasteiger partial charge in [-0.2, -0.15) is 0 Å². The van der Waals surface area contributed by atoms with Gasteiger partial charge in [-0.15, -0.1) is 0 Å². The Morgan fingerprint density at radius 3 is 2.29 bits per heavy atom. The average Bonchev–Trinajstić information content (AvgIpc) is 2.55. The summed E-state index contributed by atoms with van der Waals surface area (Å²) in [4.78, 5) is 4.84. The molecule has 0 fully saturated rings. The van der Waals surface area contributed by atoms with Crippen LogP contribution < -0.4 is 10.5 Å². The molecule has 0 saturated carbocycles. The first-order valence-corrected chi connectivity index (χ1v) is 11.7. The Balaban J connectivity index is 2.75. The number of rotatable bonds is 7. The summed E-state index contributed by atoms with van der Waals surface area (Å²) >= 11 is 6.46. The molecule has 1 aromatic carbocycles. The zero-order valence-electron chi connectivity index (χ0n) is 15.6. The predicted octanol–water partition coefficient (Wildman–Crippen LogP) is 5.46. The molecule has 2 rings (SSSR count). The van der Waals surface area contributed by atoms with Crippen molar-refractivity contribution >= 4 is 30.2 Å². The third-order valence-corrected chi connectivity index (χ3v) is 11.6. The van der Waals surface area contributed by atoms with Gasteiger partial charge in [0.2, 0.25) is 0 Å². The Morgan fingerprint density at radius 1 is 1.04 bits per heavy atom. The SMILES string of the molecule is CCCCc1ccc(Cl)cc1[Si](c1ccccn1)(C(C)C)C(C)C. The highest BCUT2D eigenvalue weighted by atomic mass is 35.5. The van der Waals surface area contributed by atoms with Gasteiger partial charge in [-0.3, -0.25) is 4.98 Å². The number of hydrogen-bond acceptors (Lipinski definition) is 1. The molecule has 130 valence electrons. The molecule has 0 atom stereocenters. The van der Waals surface area contributed by atoms with Crippen molar-refractivity contribution in [2.75, 3.05) is 0 Å². The van der Waals surface area contributed by atoms with Crippen LogP contribution in [0.2, 0.25) is 16.1 Å². The fraction of sp³-hybridized carbons (Fsp3) is 0.476. The molecule has 0 radical (unpaired) electrons. The summed E-state index contributed by atoms with van der Waals surface area (Å²) in [5.41, 5.74) is 2.60. The van der Waals surface area contributed by atoms with Gasteiger partial charge in [0.25, 0.3) is 0 Å². The zero-order valence-corrected chi connectivity index (χ0v) is 17.4. The van der Waals surface area contributed by atoms with Crippen LogP contribution in [-0.2, 0) is 6.42 Å². The van der Waals surface area contributed by atoms with Gasteiger partial charge in [-0.25, -0.2) is 0 Å². The largest absolute Gasteiger partial charge is 0.266 e. The van der Waals surface area contributed by atoms with Crippen molar-refractivity contribution in [3.05, 3.63) is 53.2 Å². The van der Waals surface area contributed by atoms with Crippen LogP contribution in [0.5, 0.6) is 0 Å². The summed E-state index contributed by atoms with van der Waals surface area (Å²) < 4.78 is 0. The molecule has 0 spiro atoms. The Labute approximate surface area is 153 Å². The van der Waals surface area contributed by atoms with Crippen LogP contribution in [0.4, 0.5) is 0 Å². The van der Waals surface area contributed by atoms with Gasteiger partial charge in [0, 0.05) is 16.5 Å². The van der Waals surface area contributed by atoms with Crippen molar-refractivity contribution in [3.63, 3.8) is 0 Å². The van der Waals surface area contributed by atoms with E-state index in [0.717, 1.165) is 11.4 Å². The molecule has 3 heteroatoms. The average molecular weight is 360 g/mol. The molecule has 1 aromatic heterocycles. The van der Waals surface area contributed by atoms with E-state index < -0.39 is 8.07 Å². The summed E-state index contributed by atoms with van der Waals surface area (Å²) in [6, 6.07) is 12.9. The molecule has 0 aliphatic heterocycles. The molecule has 0 bridgehead atoms. The van der Waals surface area contributed by atoms with Crippen molar-refractivity contribution in [1.82, 2.24) is 4.98 Å². The third kappa shape index (κ3) is 3.60. The second kappa shape index (κ2) is 8.31. The lowest BCUT2D eigenvalue weighted by Crippen LogP contribution is -2.64. The van der Waals surface area contributed by atoms with Crippen molar-refractivity contribution in [1.29, 1.82) is 0 Å². The molecule has 0 N–H and O–H groups in total. The van der Waals surface area contributed by atoms with E-state index in [2.05, 4.69) is 58.9 Å². The zero-order chi connectivity index (χ0) is 17.7. The summed E-state index contributed by atoms with van der Waals surface area (Å²) in [6.45, 7) is 11.7. The van der Waals surface area contributed by atoms with E-state index in [9.17, 15) is 0 Å². The lowest BCUT2D eigenvalue weighted by atomic mass is 10.1. The molecule has 0 unspecified atom stereocenters. The highest BCUT2D eigenvalue weighted by molar-refractivity contribution is 7.03. The number of halogens is 1. The number of nitrogens with zero attached hydrogens (tertiary/aromatic N) is 1. The van der Waals surface area contributed by atoms with Crippen molar-refractivity contribution < 1.29 is 0 Å². The predicted molar refractivity (Wildman–Crippen MR) is 110 cm³/mol. The van der Waals surface area contributed by atoms with Gasteiger partial charge >= 0.3 is 0 Å². The van der Waals surface area contributed by atoms with Crippen LogP contribution in [0.25, 0.3) is 0 Å². The standard InChI is InChI=1S/C21H30ClNSi/c1-6-7-10-18-12-13-19(22)15-20(18)24(16(2)3,17(4)5)21-11-8-9-14-23-21/h8-9,11-17H,6-7,10H2,1-5H3. The summed E-state index contributed by atoms with van der Waals surface area (Å²) in [5, 5.41) is 3.63. The minimum Gasteiger partial charge on any atom is -0.266 e. The van der Waals surface area contributed by atoms with E-state index in [0.29, 0.717) is 11.1 Å². The fourth-order valence-corrected chi connectivity index (χ4v) is 10.2. The fourth-order valence-electron chi connectivity index (χ4n) is 4.14. The lowest BCUT2D eigenvalue weighted by molar-refractivity contribution is 0.796. The van der Waals surface area contributed by atoms with Crippen molar-refractivity contribution in [2.24, 2.45) is 0 Å². The molecule has 0 aliphatic rings. The van der Waals surface area contributed by atoms with Crippen LogP contribution in [0.1, 0.15) is 53.0 Å². The van der Waals surface area contributed by atoms with Crippen LogP contribution in [0.15, 0.2) is 42.6 Å². The van der Waals surface area contributed by atoms with Gasteiger partial charge in [0.15, 0.2) is 0 Å². The van der Waals surface area contributed by atoms with E-state index in [-0.39, 0.29) is 0 Å². The number of benzene rings is 1.